The average molecular weight is 330 g/mol. The van der Waals surface area contributed by atoms with Crippen molar-refractivity contribution in [2.45, 2.75) is 39.7 Å². The summed E-state index contributed by atoms with van der Waals surface area (Å²) in [5.74, 6) is 0.0397. The minimum absolute atomic E-state index is 0. The van der Waals surface area contributed by atoms with Crippen LogP contribution in [0.4, 0.5) is 5.69 Å². The van der Waals surface area contributed by atoms with Gasteiger partial charge in [-0.05, 0) is 32.3 Å². The standard InChI is InChI=1S/C15H23N3O3.ClH/c1-10(2)8-15(4,9-16)17-14(19)12-6-5-11(3)13(7-12)18(20)21;/h5-7,10H,8-9,16H2,1-4H3,(H,17,19);1H. The molecule has 1 aromatic carbocycles. The minimum atomic E-state index is -0.523. The fraction of sp³-hybridized carbons (Fsp3) is 0.533. The molecule has 3 N–H and O–H groups in total. The van der Waals surface area contributed by atoms with Gasteiger partial charge in [-0.2, -0.15) is 0 Å². The van der Waals surface area contributed by atoms with Gasteiger partial charge >= 0.3 is 0 Å². The normalized spacial score (nSPS) is 13.2. The predicted molar refractivity (Wildman–Crippen MR) is 89.5 cm³/mol. The highest BCUT2D eigenvalue weighted by molar-refractivity contribution is 5.95. The van der Waals surface area contributed by atoms with Crippen LogP contribution in [0.1, 0.15) is 43.1 Å². The van der Waals surface area contributed by atoms with Gasteiger partial charge in [-0.1, -0.05) is 19.9 Å². The Morgan fingerprint density at radius 1 is 1.45 bits per heavy atom. The molecule has 1 rings (SSSR count). The Balaban J connectivity index is 0.00000441. The van der Waals surface area contributed by atoms with Crippen LogP contribution in [0.3, 0.4) is 0 Å². The summed E-state index contributed by atoms with van der Waals surface area (Å²) in [7, 11) is 0. The molecule has 0 bridgehead atoms. The Labute approximate surface area is 137 Å². The van der Waals surface area contributed by atoms with E-state index in [2.05, 4.69) is 19.2 Å². The molecule has 1 atom stereocenters. The van der Waals surface area contributed by atoms with Crippen molar-refractivity contribution in [3.63, 3.8) is 0 Å². The van der Waals surface area contributed by atoms with Crippen LogP contribution in [-0.2, 0) is 0 Å². The molecule has 0 aliphatic carbocycles. The highest BCUT2D eigenvalue weighted by Gasteiger charge is 2.27. The number of rotatable bonds is 6. The first-order chi connectivity index (χ1) is 9.68. The molecule has 6 nitrogen and oxygen atoms in total. The highest BCUT2D eigenvalue weighted by Crippen LogP contribution is 2.21. The van der Waals surface area contributed by atoms with E-state index in [4.69, 9.17) is 5.73 Å². The lowest BCUT2D eigenvalue weighted by molar-refractivity contribution is -0.385. The van der Waals surface area contributed by atoms with Crippen molar-refractivity contribution in [2.75, 3.05) is 6.54 Å². The number of benzene rings is 1. The van der Waals surface area contributed by atoms with E-state index in [-0.39, 0.29) is 29.6 Å². The maximum absolute atomic E-state index is 12.3. The van der Waals surface area contributed by atoms with Crippen molar-refractivity contribution < 1.29 is 9.72 Å². The van der Waals surface area contributed by atoms with E-state index in [1.54, 1.807) is 19.1 Å². The molecule has 0 aliphatic heterocycles. The van der Waals surface area contributed by atoms with E-state index in [0.29, 0.717) is 18.0 Å². The van der Waals surface area contributed by atoms with Crippen LogP contribution in [-0.4, -0.2) is 22.9 Å². The Hall–Kier alpha value is -1.66. The molecular formula is C15H24ClN3O3. The lowest BCUT2D eigenvalue weighted by atomic mass is 9.90. The number of hydrogen-bond donors (Lipinski definition) is 2. The van der Waals surface area contributed by atoms with Crippen LogP contribution in [0, 0.1) is 23.0 Å². The van der Waals surface area contributed by atoms with E-state index in [1.165, 1.54) is 6.07 Å². The summed E-state index contributed by atoms with van der Waals surface area (Å²) < 4.78 is 0. The summed E-state index contributed by atoms with van der Waals surface area (Å²) in [4.78, 5) is 22.8. The predicted octanol–water partition coefficient (Wildman–Crippen LogP) is 2.82. The number of nitrogens with two attached hydrogens (primary N) is 1. The van der Waals surface area contributed by atoms with E-state index < -0.39 is 10.5 Å². The number of hydrogen-bond acceptors (Lipinski definition) is 4. The minimum Gasteiger partial charge on any atom is -0.346 e. The van der Waals surface area contributed by atoms with Crippen molar-refractivity contribution in [1.29, 1.82) is 0 Å². The number of carbonyl (C=O) groups is 1. The summed E-state index contributed by atoms with van der Waals surface area (Å²) in [5.41, 5.74) is 5.99. The smallest absolute Gasteiger partial charge is 0.273 e. The van der Waals surface area contributed by atoms with Crippen LogP contribution >= 0.6 is 12.4 Å². The first-order valence-electron chi connectivity index (χ1n) is 6.96. The first-order valence-corrected chi connectivity index (χ1v) is 6.96. The largest absolute Gasteiger partial charge is 0.346 e. The van der Waals surface area contributed by atoms with Crippen molar-refractivity contribution in [1.82, 2.24) is 5.32 Å². The second kappa shape index (κ2) is 8.10. The third-order valence-corrected chi connectivity index (χ3v) is 3.39. The number of nitro groups is 1. The van der Waals surface area contributed by atoms with Gasteiger partial charge in [0.15, 0.2) is 0 Å². The topological polar surface area (TPSA) is 98.3 Å². The summed E-state index contributed by atoms with van der Waals surface area (Å²) in [6.45, 7) is 7.94. The number of aryl methyl sites for hydroxylation is 1. The third kappa shape index (κ3) is 5.27. The molecule has 1 unspecified atom stereocenters. The van der Waals surface area contributed by atoms with Crippen LogP contribution < -0.4 is 11.1 Å². The van der Waals surface area contributed by atoms with Crippen molar-refractivity contribution >= 4 is 24.0 Å². The maximum atomic E-state index is 12.3. The Bertz CT molecular complexity index is 549. The Morgan fingerprint density at radius 2 is 2.05 bits per heavy atom. The Kier molecular flexibility index (Phi) is 7.49. The van der Waals surface area contributed by atoms with Gasteiger partial charge in [0.2, 0.25) is 0 Å². The fourth-order valence-corrected chi connectivity index (χ4v) is 2.38. The van der Waals surface area contributed by atoms with Gasteiger partial charge in [0, 0.05) is 29.3 Å². The lowest BCUT2D eigenvalue weighted by Gasteiger charge is -2.31. The SMILES string of the molecule is Cc1ccc(C(=O)NC(C)(CN)CC(C)C)cc1[N+](=O)[O-].Cl. The van der Waals surface area contributed by atoms with Crippen LogP contribution in [0.15, 0.2) is 18.2 Å². The van der Waals surface area contributed by atoms with Gasteiger partial charge in [-0.3, -0.25) is 14.9 Å². The summed E-state index contributed by atoms with van der Waals surface area (Å²) in [5, 5.41) is 13.8. The average Bonchev–Trinajstić information content (AvgIpc) is 2.37. The zero-order chi connectivity index (χ0) is 16.2. The molecule has 1 amide bonds. The number of amides is 1. The highest BCUT2D eigenvalue weighted by atomic mass is 35.5. The Morgan fingerprint density at radius 3 is 2.50 bits per heavy atom. The van der Waals surface area contributed by atoms with Gasteiger partial charge < -0.3 is 11.1 Å². The molecule has 0 saturated carbocycles. The van der Waals surface area contributed by atoms with E-state index in [1.807, 2.05) is 6.92 Å². The summed E-state index contributed by atoms with van der Waals surface area (Å²) in [6, 6.07) is 4.47. The fourth-order valence-electron chi connectivity index (χ4n) is 2.38. The van der Waals surface area contributed by atoms with Crippen LogP contribution in [0.5, 0.6) is 0 Å². The number of nitrogens with zero attached hydrogens (tertiary/aromatic N) is 1. The number of carbonyl (C=O) groups excluding carboxylic acids is 1. The van der Waals surface area contributed by atoms with E-state index in [0.717, 1.165) is 6.42 Å². The quantitative estimate of drug-likeness (QED) is 0.619. The van der Waals surface area contributed by atoms with E-state index >= 15 is 0 Å². The second-order valence-electron chi connectivity index (χ2n) is 6.08. The molecule has 124 valence electrons. The molecule has 0 aromatic heterocycles. The number of halogens is 1. The molecule has 0 radical (unpaired) electrons. The molecule has 0 spiro atoms. The molecule has 0 fully saturated rings. The van der Waals surface area contributed by atoms with Crippen molar-refractivity contribution in [3.05, 3.63) is 39.4 Å². The van der Waals surface area contributed by atoms with Gasteiger partial charge in [0.05, 0.1) is 4.92 Å². The molecule has 0 heterocycles. The summed E-state index contributed by atoms with van der Waals surface area (Å²) in [6.07, 6.45) is 0.739. The second-order valence-corrected chi connectivity index (χ2v) is 6.08. The van der Waals surface area contributed by atoms with Crippen LogP contribution in [0.2, 0.25) is 0 Å². The zero-order valence-electron chi connectivity index (χ0n) is 13.4. The number of nitro benzene ring substituents is 1. The third-order valence-electron chi connectivity index (χ3n) is 3.39. The van der Waals surface area contributed by atoms with Gasteiger partial charge in [-0.15, -0.1) is 12.4 Å². The zero-order valence-corrected chi connectivity index (χ0v) is 14.2. The maximum Gasteiger partial charge on any atom is 0.273 e. The monoisotopic (exact) mass is 329 g/mol. The van der Waals surface area contributed by atoms with Crippen LogP contribution in [0.25, 0.3) is 0 Å². The lowest BCUT2D eigenvalue weighted by Crippen LogP contribution is -2.52. The van der Waals surface area contributed by atoms with Gasteiger partial charge in [0.1, 0.15) is 0 Å². The number of nitrogens with one attached hydrogen (secondary N) is 1. The molecule has 0 aliphatic rings. The van der Waals surface area contributed by atoms with Gasteiger partial charge in [-0.25, -0.2) is 0 Å². The molecule has 0 saturated heterocycles. The van der Waals surface area contributed by atoms with E-state index in [9.17, 15) is 14.9 Å². The van der Waals surface area contributed by atoms with Crippen molar-refractivity contribution in [3.8, 4) is 0 Å². The molecule has 7 heteroatoms. The molecule has 22 heavy (non-hydrogen) atoms. The van der Waals surface area contributed by atoms with Gasteiger partial charge in [0.25, 0.3) is 11.6 Å². The molecular weight excluding hydrogens is 306 g/mol. The summed E-state index contributed by atoms with van der Waals surface area (Å²) >= 11 is 0. The van der Waals surface area contributed by atoms with Crippen molar-refractivity contribution in [2.24, 2.45) is 11.7 Å². The first kappa shape index (κ1) is 20.3. The molecule has 1 aromatic rings.